The minimum atomic E-state index is 0.109. The summed E-state index contributed by atoms with van der Waals surface area (Å²) in [4.78, 5) is 12.9. The van der Waals surface area contributed by atoms with Crippen LogP contribution in [0.2, 0.25) is 0 Å². The van der Waals surface area contributed by atoms with Crippen LogP contribution in [0.4, 0.5) is 0 Å². The van der Waals surface area contributed by atoms with Crippen LogP contribution in [0.1, 0.15) is 49.7 Å². The van der Waals surface area contributed by atoms with Crippen LogP contribution in [0.5, 0.6) is 0 Å². The van der Waals surface area contributed by atoms with Crippen molar-refractivity contribution in [3.8, 4) is 11.5 Å². The van der Waals surface area contributed by atoms with E-state index >= 15 is 0 Å². The van der Waals surface area contributed by atoms with Gasteiger partial charge in [0.25, 0.3) is 0 Å². The summed E-state index contributed by atoms with van der Waals surface area (Å²) >= 11 is 0. The minimum Gasteiger partial charge on any atom is -0.339 e. The van der Waals surface area contributed by atoms with E-state index in [4.69, 9.17) is 10.3 Å². The summed E-state index contributed by atoms with van der Waals surface area (Å²) in [6.07, 6.45) is 7.33. The maximum Gasteiger partial charge on any atom is 0.231 e. The van der Waals surface area contributed by atoms with E-state index in [0.717, 1.165) is 12.8 Å². The van der Waals surface area contributed by atoms with Crippen LogP contribution in [0.3, 0.4) is 0 Å². The maximum absolute atomic E-state index is 6.23. The first-order chi connectivity index (χ1) is 9.74. The van der Waals surface area contributed by atoms with Gasteiger partial charge in [-0.1, -0.05) is 24.4 Å². The van der Waals surface area contributed by atoms with Gasteiger partial charge in [-0.2, -0.15) is 4.98 Å². The van der Waals surface area contributed by atoms with Gasteiger partial charge in [-0.25, -0.2) is 9.97 Å². The molecule has 0 bridgehead atoms. The Morgan fingerprint density at radius 3 is 2.90 bits per heavy atom. The molecule has 2 aromatic heterocycles. The summed E-state index contributed by atoms with van der Waals surface area (Å²) in [5, 5.41) is 4.04. The summed E-state index contributed by atoms with van der Waals surface area (Å²) in [6, 6.07) is 1.90. The Kier molecular flexibility index (Phi) is 3.73. The Balaban J connectivity index is 1.86. The monoisotopic (exact) mass is 273 g/mol. The summed E-state index contributed by atoms with van der Waals surface area (Å²) in [6.45, 7) is 1.84. The van der Waals surface area contributed by atoms with Gasteiger partial charge in [0, 0.05) is 12.2 Å². The normalized spacial score (nSPS) is 23.5. The average Bonchev–Trinajstić information content (AvgIpc) is 2.82. The molecule has 0 spiro atoms. The Morgan fingerprint density at radius 2 is 2.05 bits per heavy atom. The van der Waals surface area contributed by atoms with Gasteiger partial charge in [-0.05, 0) is 25.8 Å². The second kappa shape index (κ2) is 5.66. The molecule has 1 aliphatic carbocycles. The number of nitrogens with zero attached hydrogens (tertiary/aromatic N) is 4. The lowest BCUT2D eigenvalue weighted by Crippen LogP contribution is -2.27. The molecule has 1 fully saturated rings. The molecule has 3 rings (SSSR count). The molecule has 2 heterocycles. The highest BCUT2D eigenvalue weighted by atomic mass is 16.5. The summed E-state index contributed by atoms with van der Waals surface area (Å²) < 4.78 is 5.42. The first kappa shape index (κ1) is 13.2. The van der Waals surface area contributed by atoms with Crippen molar-refractivity contribution in [1.29, 1.82) is 0 Å². The maximum atomic E-state index is 6.23. The lowest BCUT2D eigenvalue weighted by atomic mass is 9.95. The van der Waals surface area contributed by atoms with Gasteiger partial charge in [0.2, 0.25) is 11.7 Å². The van der Waals surface area contributed by atoms with E-state index in [2.05, 4.69) is 20.1 Å². The number of rotatable bonds is 2. The van der Waals surface area contributed by atoms with E-state index in [1.165, 1.54) is 19.3 Å². The third-order valence-corrected chi connectivity index (χ3v) is 3.83. The lowest BCUT2D eigenvalue weighted by Gasteiger charge is -2.16. The van der Waals surface area contributed by atoms with Gasteiger partial charge < -0.3 is 10.3 Å². The van der Waals surface area contributed by atoms with Crippen LogP contribution >= 0.6 is 0 Å². The smallest absolute Gasteiger partial charge is 0.231 e. The van der Waals surface area contributed by atoms with Crippen LogP contribution in [0.25, 0.3) is 11.5 Å². The third-order valence-electron chi connectivity index (χ3n) is 3.83. The fourth-order valence-electron chi connectivity index (χ4n) is 2.71. The van der Waals surface area contributed by atoms with Crippen molar-refractivity contribution >= 4 is 0 Å². The van der Waals surface area contributed by atoms with E-state index in [1.54, 1.807) is 12.3 Å². The Morgan fingerprint density at radius 1 is 1.20 bits per heavy atom. The van der Waals surface area contributed by atoms with Crippen molar-refractivity contribution in [2.24, 2.45) is 5.73 Å². The molecule has 6 heteroatoms. The third kappa shape index (κ3) is 2.70. The molecule has 0 saturated heterocycles. The number of aryl methyl sites for hydroxylation is 1. The zero-order chi connectivity index (χ0) is 13.9. The molecular weight excluding hydrogens is 254 g/mol. The first-order valence-electron chi connectivity index (χ1n) is 7.13. The van der Waals surface area contributed by atoms with Crippen molar-refractivity contribution in [2.75, 3.05) is 0 Å². The van der Waals surface area contributed by atoms with Gasteiger partial charge >= 0.3 is 0 Å². The van der Waals surface area contributed by atoms with Crippen LogP contribution in [0.15, 0.2) is 16.8 Å². The van der Waals surface area contributed by atoms with Gasteiger partial charge in [-0.15, -0.1) is 0 Å². The molecule has 0 radical (unpaired) electrons. The van der Waals surface area contributed by atoms with Crippen molar-refractivity contribution in [1.82, 2.24) is 20.1 Å². The highest BCUT2D eigenvalue weighted by molar-refractivity contribution is 5.47. The molecule has 20 heavy (non-hydrogen) atoms. The van der Waals surface area contributed by atoms with E-state index in [0.29, 0.717) is 23.2 Å². The largest absolute Gasteiger partial charge is 0.339 e. The van der Waals surface area contributed by atoms with Crippen molar-refractivity contribution in [2.45, 2.75) is 51.0 Å². The lowest BCUT2D eigenvalue weighted by molar-refractivity contribution is 0.326. The van der Waals surface area contributed by atoms with Gasteiger partial charge in [0.1, 0.15) is 11.5 Å². The van der Waals surface area contributed by atoms with Crippen molar-refractivity contribution in [3.05, 3.63) is 24.0 Å². The highest BCUT2D eigenvalue weighted by Crippen LogP contribution is 2.30. The molecular formula is C14H19N5O. The Bertz CT molecular complexity index is 582. The molecule has 2 unspecified atom stereocenters. The highest BCUT2D eigenvalue weighted by Gasteiger charge is 2.27. The standard InChI is InChI=1S/C14H19N5O/c1-9-16-8-7-12(17-9)13-18-14(20-19-13)10-5-3-2-4-6-11(10)15/h7-8,10-11H,2-6,15H2,1H3. The molecule has 1 saturated carbocycles. The van der Waals surface area contributed by atoms with E-state index < -0.39 is 0 Å². The van der Waals surface area contributed by atoms with Crippen LogP contribution in [-0.4, -0.2) is 26.2 Å². The van der Waals surface area contributed by atoms with E-state index in [9.17, 15) is 0 Å². The van der Waals surface area contributed by atoms with E-state index in [1.807, 2.05) is 6.92 Å². The predicted molar refractivity (Wildman–Crippen MR) is 73.9 cm³/mol. The molecule has 0 aromatic carbocycles. The van der Waals surface area contributed by atoms with E-state index in [-0.39, 0.29) is 12.0 Å². The predicted octanol–water partition coefficient (Wildman–Crippen LogP) is 2.21. The molecule has 0 aliphatic heterocycles. The summed E-state index contributed by atoms with van der Waals surface area (Å²) in [5.41, 5.74) is 6.92. The zero-order valence-electron chi connectivity index (χ0n) is 11.6. The Labute approximate surface area is 117 Å². The number of hydrogen-bond donors (Lipinski definition) is 1. The van der Waals surface area contributed by atoms with Gasteiger partial charge in [0.05, 0.1) is 5.92 Å². The van der Waals surface area contributed by atoms with Gasteiger partial charge in [-0.3, -0.25) is 0 Å². The number of nitrogens with two attached hydrogens (primary N) is 1. The summed E-state index contributed by atoms with van der Waals surface area (Å²) in [5.74, 6) is 2.02. The van der Waals surface area contributed by atoms with Crippen molar-refractivity contribution in [3.63, 3.8) is 0 Å². The fourth-order valence-corrected chi connectivity index (χ4v) is 2.71. The van der Waals surface area contributed by atoms with Crippen molar-refractivity contribution < 1.29 is 4.52 Å². The van der Waals surface area contributed by atoms with Crippen LogP contribution < -0.4 is 5.73 Å². The average molecular weight is 273 g/mol. The molecule has 2 atom stereocenters. The molecule has 0 amide bonds. The number of aromatic nitrogens is 4. The fraction of sp³-hybridized carbons (Fsp3) is 0.571. The molecule has 106 valence electrons. The molecule has 2 aromatic rings. The SMILES string of the molecule is Cc1nccc(-c2noc(C3CCCCCC3N)n2)n1. The quantitative estimate of drug-likeness (QED) is 0.843. The number of hydrogen-bond acceptors (Lipinski definition) is 6. The second-order valence-electron chi connectivity index (χ2n) is 5.35. The van der Waals surface area contributed by atoms with Gasteiger partial charge in [0.15, 0.2) is 0 Å². The molecule has 1 aliphatic rings. The molecule has 6 nitrogen and oxygen atoms in total. The van der Waals surface area contributed by atoms with Crippen LogP contribution in [0, 0.1) is 6.92 Å². The summed E-state index contributed by atoms with van der Waals surface area (Å²) in [7, 11) is 0. The topological polar surface area (TPSA) is 90.7 Å². The first-order valence-corrected chi connectivity index (χ1v) is 7.13. The Hall–Kier alpha value is -1.82. The molecule has 2 N–H and O–H groups in total. The second-order valence-corrected chi connectivity index (χ2v) is 5.35. The van der Waals surface area contributed by atoms with Crippen LogP contribution in [-0.2, 0) is 0 Å². The zero-order valence-corrected chi connectivity index (χ0v) is 11.6. The minimum absolute atomic E-state index is 0.109.